The van der Waals surface area contributed by atoms with E-state index in [4.69, 9.17) is 59.0 Å². The van der Waals surface area contributed by atoms with Gasteiger partial charge in [0.15, 0.2) is 18.3 Å². The van der Waals surface area contributed by atoms with Gasteiger partial charge in [-0.1, -0.05) is 67.9 Å². The molecular formula is C47H55ClO14. The number of carbonyl (C=O) groups is 4. The van der Waals surface area contributed by atoms with Crippen LogP contribution in [0.2, 0.25) is 0 Å². The lowest BCUT2D eigenvalue weighted by atomic mass is 9.96. The number of hydrogen-bond donors (Lipinski definition) is 0. The maximum absolute atomic E-state index is 14.1. The Hall–Kier alpha value is -5.25. The molecule has 5 rings (SSSR count). The van der Waals surface area contributed by atoms with Gasteiger partial charge < -0.3 is 47.4 Å². The second-order valence-electron chi connectivity index (χ2n) is 15.1. The van der Waals surface area contributed by atoms with E-state index in [1.165, 1.54) is 39.6 Å². The van der Waals surface area contributed by atoms with E-state index in [2.05, 4.69) is 0 Å². The summed E-state index contributed by atoms with van der Waals surface area (Å²) in [6.07, 6.45) is 6.14. The van der Waals surface area contributed by atoms with Crippen molar-refractivity contribution in [1.29, 1.82) is 0 Å². The summed E-state index contributed by atoms with van der Waals surface area (Å²) >= 11 is 6.90. The van der Waals surface area contributed by atoms with E-state index in [9.17, 15) is 19.2 Å². The maximum Gasteiger partial charge on any atom is 0.335 e. The summed E-state index contributed by atoms with van der Waals surface area (Å²) in [4.78, 5) is 53.1. The lowest BCUT2D eigenvalue weighted by Crippen LogP contribution is -2.43. The molecule has 2 saturated heterocycles. The van der Waals surface area contributed by atoms with E-state index in [0.717, 1.165) is 0 Å². The number of allylic oxidation sites excluding steroid dienone is 3. The molecule has 2 aromatic carbocycles. The largest absolute Gasteiger partial charge is 0.497 e. The molecule has 334 valence electrons. The lowest BCUT2D eigenvalue weighted by molar-refractivity contribution is -0.179. The summed E-state index contributed by atoms with van der Waals surface area (Å²) in [5.41, 5.74) is 1.41. The maximum atomic E-state index is 14.1. The van der Waals surface area contributed by atoms with E-state index in [1.54, 1.807) is 93.1 Å². The fourth-order valence-electron chi connectivity index (χ4n) is 7.40. The second-order valence-corrected chi connectivity index (χ2v) is 15.5. The Balaban J connectivity index is 1.49. The molecule has 2 fully saturated rings. The van der Waals surface area contributed by atoms with Crippen LogP contribution >= 0.6 is 11.6 Å². The molecule has 4 bridgehead atoms. The molecule has 15 heteroatoms. The number of hydrogen-bond acceptors (Lipinski definition) is 14. The smallest absolute Gasteiger partial charge is 0.335 e. The van der Waals surface area contributed by atoms with Gasteiger partial charge in [-0.25, -0.2) is 14.4 Å². The molecule has 2 aromatic rings. The molecule has 0 unspecified atom stereocenters. The fraction of sp³-hybridized carbons (Fsp3) is 0.447. The molecule has 3 aliphatic heterocycles. The van der Waals surface area contributed by atoms with Gasteiger partial charge in [0, 0.05) is 37.8 Å². The number of rotatable bonds is 15. The first-order valence-corrected chi connectivity index (χ1v) is 20.7. The van der Waals surface area contributed by atoms with Crippen LogP contribution in [-0.4, -0.2) is 114 Å². The van der Waals surface area contributed by atoms with Crippen LogP contribution in [0.1, 0.15) is 44.2 Å². The van der Waals surface area contributed by atoms with Crippen LogP contribution in [0.25, 0.3) is 12.2 Å². The topological polar surface area (TPSA) is 161 Å². The summed E-state index contributed by atoms with van der Waals surface area (Å²) in [6.45, 7) is 3.69. The van der Waals surface area contributed by atoms with Crippen LogP contribution in [0.15, 0.2) is 96.1 Å². The SMILES string of the molecule is COC(=O)C[C@@H](C)/C=C/[C@@H](OC)[C@@H]1O[C@@H]2C[C@@H]1OC(=O)[C@@H]1O[C@H](C[C@H]1C)[C@@H](OC(=O)/C=C/c1ccc(OC)cc1)[C@H](OC(=O)/C=C/c1ccc(OC)cc1)/C=C\C=C(\Cl)[C@H]2OC. The lowest BCUT2D eigenvalue weighted by Gasteiger charge is -2.29. The van der Waals surface area contributed by atoms with Crippen LogP contribution in [-0.2, 0) is 57.1 Å². The second kappa shape index (κ2) is 23.3. The van der Waals surface area contributed by atoms with Gasteiger partial charge in [0.1, 0.15) is 42.0 Å². The molecule has 0 radical (unpaired) electrons. The van der Waals surface area contributed by atoms with Crippen LogP contribution in [0.3, 0.4) is 0 Å². The molecule has 0 amide bonds. The summed E-state index contributed by atoms with van der Waals surface area (Å²) in [7, 11) is 7.43. The highest BCUT2D eigenvalue weighted by Gasteiger charge is 2.50. The van der Waals surface area contributed by atoms with Gasteiger partial charge in [0.25, 0.3) is 0 Å². The standard InChI is InChI=1S/C47H55ClO14/c1-28(25-42(51)56-6)11-22-35(55-5)45-39-27-38(60-45)44(57-7)34(48)9-8-10-36(58-40(49)23-16-30-12-18-32(53-3)19-13-30)46(37-26-29(2)43(59-37)47(52)61-39)62-41(50)24-17-31-14-20-33(54-4)21-15-31/h8-24,28-29,35-39,43-46H,25-27H2,1-7H3/b10-8-,22-11+,23-16+,24-17+,34-9+/t28-,29+,35+,36+,37+,38+,39-,43+,44+,45-,46-/m0/s1. The van der Waals surface area contributed by atoms with Crippen molar-refractivity contribution < 1.29 is 66.5 Å². The Morgan fingerprint density at radius 3 is 1.98 bits per heavy atom. The molecule has 14 nitrogen and oxygen atoms in total. The number of fused-ring (bicyclic) bond motifs is 4. The molecular weight excluding hydrogens is 824 g/mol. The molecule has 0 aliphatic carbocycles. The first kappa shape index (κ1) is 47.8. The van der Waals surface area contributed by atoms with Gasteiger partial charge in [0.2, 0.25) is 0 Å². The predicted molar refractivity (Wildman–Crippen MR) is 229 cm³/mol. The zero-order valence-electron chi connectivity index (χ0n) is 35.9. The summed E-state index contributed by atoms with van der Waals surface area (Å²) in [5.74, 6) is -1.81. The minimum absolute atomic E-state index is 0.156. The fourth-order valence-corrected chi connectivity index (χ4v) is 7.70. The highest BCUT2D eigenvalue weighted by molar-refractivity contribution is 6.30. The van der Waals surface area contributed by atoms with Crippen molar-refractivity contribution in [2.24, 2.45) is 11.8 Å². The average Bonchev–Trinajstić information content (AvgIpc) is 3.87. The Bertz CT molecular complexity index is 1970. The Morgan fingerprint density at radius 2 is 1.42 bits per heavy atom. The molecule has 3 heterocycles. The van der Waals surface area contributed by atoms with Gasteiger partial charge in [0.05, 0.1) is 33.9 Å². The number of methoxy groups -OCH3 is 5. The van der Waals surface area contributed by atoms with E-state index < -0.39 is 78.8 Å². The molecule has 0 saturated carbocycles. The minimum Gasteiger partial charge on any atom is -0.497 e. The van der Waals surface area contributed by atoms with Gasteiger partial charge in [-0.05, 0) is 78.0 Å². The number of benzene rings is 2. The Kier molecular flexibility index (Phi) is 17.9. The van der Waals surface area contributed by atoms with Crippen molar-refractivity contribution >= 4 is 47.6 Å². The van der Waals surface area contributed by atoms with E-state index >= 15 is 0 Å². The average molecular weight is 879 g/mol. The third-order valence-corrected chi connectivity index (χ3v) is 11.1. The third kappa shape index (κ3) is 13.1. The van der Waals surface area contributed by atoms with Crippen molar-refractivity contribution in [1.82, 2.24) is 0 Å². The number of carbonyl (C=O) groups excluding carboxylic acids is 4. The highest BCUT2D eigenvalue weighted by atomic mass is 35.5. The Morgan fingerprint density at radius 1 is 0.806 bits per heavy atom. The van der Waals surface area contributed by atoms with Gasteiger partial charge >= 0.3 is 23.9 Å². The van der Waals surface area contributed by atoms with E-state index in [1.807, 2.05) is 19.9 Å². The molecule has 3 aliphatic rings. The zero-order valence-corrected chi connectivity index (χ0v) is 36.6. The van der Waals surface area contributed by atoms with Gasteiger partial charge in [-0.15, -0.1) is 0 Å². The van der Waals surface area contributed by atoms with E-state index in [-0.39, 0.29) is 36.2 Å². The first-order valence-electron chi connectivity index (χ1n) is 20.3. The number of halogens is 1. The van der Waals surface area contributed by atoms with Crippen molar-refractivity contribution in [3.05, 3.63) is 107 Å². The van der Waals surface area contributed by atoms with Crippen LogP contribution in [0.4, 0.5) is 0 Å². The van der Waals surface area contributed by atoms with Crippen LogP contribution in [0.5, 0.6) is 11.5 Å². The van der Waals surface area contributed by atoms with Crippen molar-refractivity contribution in [2.45, 2.75) is 88.0 Å². The summed E-state index contributed by atoms with van der Waals surface area (Å²) < 4.78 is 58.1. The van der Waals surface area contributed by atoms with Crippen LogP contribution in [0, 0.1) is 11.8 Å². The normalized spacial score (nSPS) is 28.9. The molecule has 0 N–H and O–H groups in total. The first-order chi connectivity index (χ1) is 29.8. The monoisotopic (exact) mass is 878 g/mol. The zero-order chi connectivity index (χ0) is 44.8. The molecule has 0 spiro atoms. The van der Waals surface area contributed by atoms with E-state index in [0.29, 0.717) is 22.6 Å². The third-order valence-electron chi connectivity index (χ3n) is 10.7. The van der Waals surface area contributed by atoms with Crippen molar-refractivity contribution in [2.75, 3.05) is 35.5 Å². The van der Waals surface area contributed by atoms with Crippen molar-refractivity contribution in [3.8, 4) is 11.5 Å². The summed E-state index contributed by atoms with van der Waals surface area (Å²) in [6, 6.07) is 14.1. The summed E-state index contributed by atoms with van der Waals surface area (Å²) in [5, 5.41) is 0.220. The van der Waals surface area contributed by atoms with Crippen molar-refractivity contribution in [3.63, 3.8) is 0 Å². The number of esters is 4. The molecule has 0 aromatic heterocycles. The van der Waals surface area contributed by atoms with Gasteiger partial charge in [-0.3, -0.25) is 4.79 Å². The number of ether oxygens (including phenoxy) is 10. The molecule has 11 atom stereocenters. The van der Waals surface area contributed by atoms with Crippen LogP contribution < -0.4 is 9.47 Å². The predicted octanol–water partition coefficient (Wildman–Crippen LogP) is 6.59. The quantitative estimate of drug-likeness (QED) is 0.0815. The molecule has 62 heavy (non-hydrogen) atoms. The van der Waals surface area contributed by atoms with Gasteiger partial charge in [-0.2, -0.15) is 0 Å². The highest BCUT2D eigenvalue weighted by Crippen LogP contribution is 2.37. The Labute approximate surface area is 367 Å². The minimum atomic E-state index is -1.24.